The van der Waals surface area contributed by atoms with Crippen LogP contribution in [0, 0.1) is 11.8 Å². The van der Waals surface area contributed by atoms with Gasteiger partial charge in [-0.05, 0) is 30.0 Å². The molecule has 49 heavy (non-hydrogen) atoms. The van der Waals surface area contributed by atoms with E-state index in [2.05, 4.69) is 26.6 Å². The van der Waals surface area contributed by atoms with E-state index in [1.165, 1.54) is 12.1 Å². The molecule has 1 unspecified atom stereocenters. The molecule has 0 heterocycles. The van der Waals surface area contributed by atoms with Crippen LogP contribution in [0.25, 0.3) is 0 Å². The number of hydrogen-bond donors (Lipinski definition) is 8. The van der Waals surface area contributed by atoms with Crippen LogP contribution in [0.15, 0.2) is 18.2 Å². The Morgan fingerprint density at radius 3 is 1.98 bits per heavy atom. The number of aliphatic carboxylic acids is 1. The van der Waals surface area contributed by atoms with Crippen LogP contribution in [-0.4, -0.2) is 98.3 Å². The van der Waals surface area contributed by atoms with Gasteiger partial charge in [-0.1, -0.05) is 54.5 Å². The fourth-order valence-corrected chi connectivity index (χ4v) is 3.12. The maximum atomic E-state index is 12.6. The Hall–Kier alpha value is -4.49. The minimum absolute atomic E-state index is 0.0558. The molecule has 0 fully saturated rings. The summed E-state index contributed by atoms with van der Waals surface area (Å²) in [5, 5.41) is 22.1. The van der Waals surface area contributed by atoms with Crippen molar-refractivity contribution in [3.05, 3.63) is 23.8 Å². The molecule has 0 saturated carbocycles. The Morgan fingerprint density at radius 1 is 0.939 bits per heavy atom. The van der Waals surface area contributed by atoms with E-state index in [4.69, 9.17) is 24.9 Å². The van der Waals surface area contributed by atoms with Gasteiger partial charge in [-0.15, -0.1) is 0 Å². The van der Waals surface area contributed by atoms with Crippen LogP contribution in [0.5, 0.6) is 5.75 Å². The summed E-state index contributed by atoms with van der Waals surface area (Å²) in [6.45, 7) is 12.3. The lowest BCUT2D eigenvalue weighted by Crippen LogP contribution is -2.52. The molecule has 0 aliphatic rings. The molecule has 5 amide bonds. The van der Waals surface area contributed by atoms with E-state index in [9.17, 15) is 37.2 Å². The lowest BCUT2D eigenvalue weighted by Gasteiger charge is -2.22. The van der Waals surface area contributed by atoms with Crippen molar-refractivity contribution in [2.75, 3.05) is 37.8 Å². The van der Waals surface area contributed by atoms with Gasteiger partial charge in [0.2, 0.25) is 17.7 Å². The third-order valence-corrected chi connectivity index (χ3v) is 5.43. The van der Waals surface area contributed by atoms with Crippen LogP contribution in [0.3, 0.4) is 0 Å². The second-order valence-corrected chi connectivity index (χ2v) is 12.9. The molecular formula is C30H52N6O12S. The normalized spacial score (nSPS) is 11.2. The van der Waals surface area contributed by atoms with E-state index >= 15 is 0 Å². The number of nitrogens with one attached hydrogen (secondary N) is 5. The highest BCUT2D eigenvalue weighted by Gasteiger charge is 2.24. The Morgan fingerprint density at radius 2 is 1.53 bits per heavy atom. The molecule has 18 nitrogen and oxygen atoms in total. The standard InChI is InChI=1S/C25H38N4O8.C4H10N2O.CH4O3S/c1-14(2)23(29-21(31)10-26-16(5)6)24(34)27-11-20(30)28-18-8-7-17(12-37-25(35)15(3)4)9-19(18)36-13-22(32)33;1-2-3-6-4(5)7;1-5(2,3)4/h7-9,14-16,23,26H,10-13H2,1-6H3,(H,27,34)(H,28,30)(H,29,31)(H,32,33);2-3H2,1H3,(H3,5,6,7);1H3,(H,2,3,4). The summed E-state index contributed by atoms with van der Waals surface area (Å²) >= 11 is 0. The number of carboxylic acids is 1. The molecule has 1 atom stereocenters. The molecule has 0 saturated heterocycles. The van der Waals surface area contributed by atoms with Gasteiger partial charge in [-0.25, -0.2) is 9.59 Å². The Bertz CT molecular complexity index is 1330. The predicted molar refractivity (Wildman–Crippen MR) is 181 cm³/mol. The maximum absolute atomic E-state index is 12.6. The molecule has 19 heteroatoms. The SMILES string of the molecule is CC(C)NCC(=O)NC(C(=O)NCC(=O)Nc1ccc(COC(=O)C(C)C)cc1OCC(=O)O)C(C)C.CCCNC(N)=O.CS(=O)(=O)O. The van der Waals surface area contributed by atoms with Crippen LogP contribution in [-0.2, 0) is 45.4 Å². The van der Waals surface area contributed by atoms with Gasteiger partial charge in [-0.2, -0.15) is 8.42 Å². The average Bonchev–Trinajstić information content (AvgIpc) is 2.98. The van der Waals surface area contributed by atoms with E-state index in [0.29, 0.717) is 18.4 Å². The molecule has 1 aromatic carbocycles. The topological polar surface area (TPSA) is 282 Å². The fourth-order valence-electron chi connectivity index (χ4n) is 3.12. The maximum Gasteiger partial charge on any atom is 0.341 e. The van der Waals surface area contributed by atoms with Gasteiger partial charge in [-0.3, -0.25) is 23.7 Å². The predicted octanol–water partition coefficient (Wildman–Crippen LogP) is 0.611. The Balaban J connectivity index is 0. The zero-order valence-corrected chi connectivity index (χ0v) is 30.1. The number of benzene rings is 1. The number of carbonyl (C=O) groups excluding carboxylic acids is 5. The van der Waals surface area contributed by atoms with Crippen LogP contribution in [0.4, 0.5) is 10.5 Å². The summed E-state index contributed by atoms with van der Waals surface area (Å²) in [4.78, 5) is 69.8. The van der Waals surface area contributed by atoms with Crippen molar-refractivity contribution in [1.29, 1.82) is 0 Å². The number of primary amides is 1. The molecule has 1 rings (SSSR count). The molecule has 280 valence electrons. The lowest BCUT2D eigenvalue weighted by atomic mass is 10.0. The third kappa shape index (κ3) is 27.2. The van der Waals surface area contributed by atoms with E-state index in [0.717, 1.165) is 6.42 Å². The smallest absolute Gasteiger partial charge is 0.341 e. The summed E-state index contributed by atoms with van der Waals surface area (Å²) in [6, 6.07) is 3.35. The molecule has 0 aliphatic heterocycles. The molecular weight excluding hydrogens is 668 g/mol. The number of urea groups is 1. The van der Waals surface area contributed by atoms with E-state index in [1.54, 1.807) is 33.8 Å². The number of hydrogen-bond acceptors (Lipinski definition) is 11. The first-order valence-corrected chi connectivity index (χ1v) is 17.1. The highest BCUT2D eigenvalue weighted by molar-refractivity contribution is 7.85. The monoisotopic (exact) mass is 720 g/mol. The Labute approximate surface area is 287 Å². The van der Waals surface area contributed by atoms with E-state index in [1.807, 2.05) is 20.8 Å². The molecule has 0 aromatic heterocycles. The minimum atomic E-state index is -3.67. The molecule has 9 N–H and O–H groups in total. The second-order valence-electron chi connectivity index (χ2n) is 11.4. The summed E-state index contributed by atoms with van der Waals surface area (Å²) < 4.78 is 36.3. The summed E-state index contributed by atoms with van der Waals surface area (Å²) in [5.74, 6) is -3.54. The van der Waals surface area contributed by atoms with Crippen molar-refractivity contribution < 1.29 is 56.3 Å². The summed E-state index contributed by atoms with van der Waals surface area (Å²) in [6.07, 6.45) is 1.65. The van der Waals surface area contributed by atoms with Crippen molar-refractivity contribution in [3.8, 4) is 5.75 Å². The van der Waals surface area contributed by atoms with Gasteiger partial charge in [0.25, 0.3) is 10.1 Å². The van der Waals surface area contributed by atoms with Crippen LogP contribution in [0.2, 0.25) is 0 Å². The fraction of sp³-hybridized carbons (Fsp3) is 0.600. The first kappa shape index (κ1) is 46.6. The highest BCUT2D eigenvalue weighted by atomic mass is 32.2. The number of carboxylic acid groups (broad SMARTS) is 1. The molecule has 0 aliphatic carbocycles. The van der Waals surface area contributed by atoms with Crippen molar-refractivity contribution in [2.45, 2.75) is 73.6 Å². The van der Waals surface area contributed by atoms with Gasteiger partial charge >= 0.3 is 18.0 Å². The number of carbonyl (C=O) groups is 6. The largest absolute Gasteiger partial charge is 0.480 e. The van der Waals surface area contributed by atoms with E-state index in [-0.39, 0.29) is 48.4 Å². The average molecular weight is 721 g/mol. The second kappa shape index (κ2) is 24.6. The quantitative estimate of drug-likeness (QED) is 0.0810. The number of ether oxygens (including phenoxy) is 2. The number of esters is 1. The van der Waals surface area contributed by atoms with Gasteiger partial charge in [0.1, 0.15) is 18.4 Å². The number of anilines is 1. The van der Waals surface area contributed by atoms with Crippen LogP contribution in [0.1, 0.15) is 60.5 Å². The third-order valence-electron chi connectivity index (χ3n) is 5.43. The van der Waals surface area contributed by atoms with Crippen molar-refractivity contribution in [1.82, 2.24) is 21.3 Å². The first-order valence-electron chi connectivity index (χ1n) is 15.3. The molecule has 0 spiro atoms. The molecule has 0 radical (unpaired) electrons. The lowest BCUT2D eigenvalue weighted by molar-refractivity contribution is -0.148. The van der Waals surface area contributed by atoms with Gasteiger partial charge < -0.3 is 46.9 Å². The number of nitrogens with two attached hydrogens (primary N) is 1. The molecule has 0 bridgehead atoms. The molecule has 1 aromatic rings. The highest BCUT2D eigenvalue weighted by Crippen LogP contribution is 2.26. The zero-order valence-electron chi connectivity index (χ0n) is 29.2. The van der Waals surface area contributed by atoms with Crippen molar-refractivity contribution in [2.24, 2.45) is 17.6 Å². The van der Waals surface area contributed by atoms with Crippen LogP contribution < -0.4 is 37.1 Å². The van der Waals surface area contributed by atoms with Gasteiger partial charge in [0, 0.05) is 12.6 Å². The van der Waals surface area contributed by atoms with Gasteiger partial charge in [0.15, 0.2) is 6.61 Å². The zero-order chi connectivity index (χ0) is 38.3. The summed E-state index contributed by atoms with van der Waals surface area (Å²) in [7, 11) is -3.67. The van der Waals surface area contributed by atoms with E-state index < -0.39 is 59.1 Å². The van der Waals surface area contributed by atoms with Crippen molar-refractivity contribution in [3.63, 3.8) is 0 Å². The first-order chi connectivity index (χ1) is 22.6. The Kier molecular flexibility index (Phi) is 23.4. The minimum Gasteiger partial charge on any atom is -0.480 e. The number of rotatable bonds is 17. The summed E-state index contributed by atoms with van der Waals surface area (Å²) in [5.41, 5.74) is 5.43. The number of amides is 5. The van der Waals surface area contributed by atoms with Crippen molar-refractivity contribution >= 4 is 51.5 Å². The van der Waals surface area contributed by atoms with Crippen LogP contribution >= 0.6 is 0 Å². The van der Waals surface area contributed by atoms with Gasteiger partial charge in [0.05, 0.1) is 31.0 Å².